The predicted octanol–water partition coefficient (Wildman–Crippen LogP) is 2.77. The smallest absolute Gasteiger partial charge is 0.354 e. The molecule has 0 heterocycles. The van der Waals surface area contributed by atoms with E-state index in [0.717, 1.165) is 0 Å². The molecule has 2 aromatic carbocycles. The zero-order chi connectivity index (χ0) is 15.9. The SMILES string of the molecule is COC(=O)/C(=C/c1cccc(F)c1)NC(=O)c1ccccc1. The van der Waals surface area contributed by atoms with Gasteiger partial charge in [0.1, 0.15) is 11.5 Å². The monoisotopic (exact) mass is 299 g/mol. The molecule has 0 radical (unpaired) electrons. The first-order valence-electron chi connectivity index (χ1n) is 6.52. The Morgan fingerprint density at radius 1 is 1.09 bits per heavy atom. The van der Waals surface area contributed by atoms with Crippen LogP contribution < -0.4 is 5.32 Å². The van der Waals surface area contributed by atoms with E-state index in [0.29, 0.717) is 11.1 Å². The topological polar surface area (TPSA) is 55.4 Å². The fourth-order valence-corrected chi connectivity index (χ4v) is 1.80. The fraction of sp³-hybridized carbons (Fsp3) is 0.0588. The maximum Gasteiger partial charge on any atom is 0.354 e. The summed E-state index contributed by atoms with van der Waals surface area (Å²) in [6.07, 6.45) is 1.36. The van der Waals surface area contributed by atoms with Gasteiger partial charge in [0.15, 0.2) is 0 Å². The maximum atomic E-state index is 13.2. The molecule has 2 aromatic rings. The lowest BCUT2D eigenvalue weighted by molar-refractivity contribution is -0.136. The van der Waals surface area contributed by atoms with Crippen molar-refractivity contribution in [2.75, 3.05) is 7.11 Å². The van der Waals surface area contributed by atoms with E-state index in [1.165, 1.54) is 31.4 Å². The molecule has 0 unspecified atom stereocenters. The summed E-state index contributed by atoms with van der Waals surface area (Å²) in [7, 11) is 1.20. The number of carbonyl (C=O) groups excluding carboxylic acids is 2. The van der Waals surface area contributed by atoms with Crippen LogP contribution in [0, 0.1) is 5.82 Å². The van der Waals surface area contributed by atoms with E-state index in [1.807, 2.05) is 0 Å². The van der Waals surface area contributed by atoms with Gasteiger partial charge >= 0.3 is 5.97 Å². The molecule has 2 rings (SSSR count). The number of nitrogens with one attached hydrogen (secondary N) is 1. The number of ether oxygens (including phenoxy) is 1. The van der Waals surface area contributed by atoms with Gasteiger partial charge in [0, 0.05) is 5.56 Å². The molecule has 0 atom stereocenters. The Bertz CT molecular complexity index is 711. The zero-order valence-electron chi connectivity index (χ0n) is 11.9. The van der Waals surface area contributed by atoms with Crippen LogP contribution in [0.15, 0.2) is 60.3 Å². The van der Waals surface area contributed by atoms with Crippen LogP contribution in [0.2, 0.25) is 0 Å². The summed E-state index contributed by atoms with van der Waals surface area (Å²) >= 11 is 0. The van der Waals surface area contributed by atoms with Gasteiger partial charge in [-0.15, -0.1) is 0 Å². The third-order valence-corrected chi connectivity index (χ3v) is 2.85. The fourth-order valence-electron chi connectivity index (χ4n) is 1.80. The molecule has 0 aliphatic carbocycles. The van der Waals surface area contributed by atoms with Gasteiger partial charge in [-0.2, -0.15) is 0 Å². The van der Waals surface area contributed by atoms with Crippen molar-refractivity contribution in [3.8, 4) is 0 Å². The van der Waals surface area contributed by atoms with Crippen molar-refractivity contribution in [2.24, 2.45) is 0 Å². The number of hydrogen-bond donors (Lipinski definition) is 1. The van der Waals surface area contributed by atoms with Crippen LogP contribution in [0.5, 0.6) is 0 Å². The molecule has 112 valence electrons. The highest BCUT2D eigenvalue weighted by Crippen LogP contribution is 2.10. The summed E-state index contributed by atoms with van der Waals surface area (Å²) in [5, 5.41) is 2.48. The van der Waals surface area contributed by atoms with Crippen LogP contribution in [0.1, 0.15) is 15.9 Å². The average molecular weight is 299 g/mol. The molecule has 0 aliphatic rings. The largest absolute Gasteiger partial charge is 0.464 e. The second-order valence-electron chi connectivity index (χ2n) is 4.42. The number of methoxy groups -OCH3 is 1. The Hall–Kier alpha value is -2.95. The summed E-state index contributed by atoms with van der Waals surface area (Å²) in [5.74, 6) is -1.60. The second kappa shape index (κ2) is 7.17. The van der Waals surface area contributed by atoms with Gasteiger partial charge in [0.05, 0.1) is 7.11 Å². The quantitative estimate of drug-likeness (QED) is 0.697. The molecule has 0 saturated heterocycles. The molecule has 0 bridgehead atoms. The maximum absolute atomic E-state index is 13.2. The van der Waals surface area contributed by atoms with Gasteiger partial charge in [-0.3, -0.25) is 4.79 Å². The molecule has 0 aliphatic heterocycles. The second-order valence-corrected chi connectivity index (χ2v) is 4.42. The van der Waals surface area contributed by atoms with Crippen LogP contribution in [-0.4, -0.2) is 19.0 Å². The van der Waals surface area contributed by atoms with E-state index in [9.17, 15) is 14.0 Å². The van der Waals surface area contributed by atoms with E-state index < -0.39 is 17.7 Å². The summed E-state index contributed by atoms with van der Waals surface area (Å²) in [5.41, 5.74) is 0.771. The van der Waals surface area contributed by atoms with Crippen molar-refractivity contribution < 1.29 is 18.7 Å². The normalized spacial score (nSPS) is 10.9. The summed E-state index contributed by atoms with van der Waals surface area (Å²) in [6, 6.07) is 14.1. The first kappa shape index (κ1) is 15.4. The number of carbonyl (C=O) groups is 2. The van der Waals surface area contributed by atoms with Gasteiger partial charge in [0.25, 0.3) is 5.91 Å². The van der Waals surface area contributed by atoms with Crippen molar-refractivity contribution >= 4 is 18.0 Å². The minimum Gasteiger partial charge on any atom is -0.464 e. The van der Waals surface area contributed by atoms with Crippen LogP contribution >= 0.6 is 0 Å². The van der Waals surface area contributed by atoms with Crippen LogP contribution in [0.4, 0.5) is 4.39 Å². The van der Waals surface area contributed by atoms with Crippen molar-refractivity contribution in [1.29, 1.82) is 0 Å². The molecule has 5 heteroatoms. The average Bonchev–Trinajstić information content (AvgIpc) is 2.54. The van der Waals surface area contributed by atoms with Crippen molar-refractivity contribution in [3.05, 3.63) is 77.2 Å². The Balaban J connectivity index is 2.27. The molecule has 0 saturated carbocycles. The number of halogens is 1. The number of esters is 1. The van der Waals surface area contributed by atoms with E-state index >= 15 is 0 Å². The molecule has 0 spiro atoms. The Morgan fingerprint density at radius 3 is 2.45 bits per heavy atom. The van der Waals surface area contributed by atoms with E-state index in [1.54, 1.807) is 36.4 Å². The third-order valence-electron chi connectivity index (χ3n) is 2.85. The molecule has 22 heavy (non-hydrogen) atoms. The highest BCUT2D eigenvalue weighted by Gasteiger charge is 2.14. The number of rotatable bonds is 4. The van der Waals surface area contributed by atoms with Gasteiger partial charge in [0.2, 0.25) is 0 Å². The molecular formula is C17H14FNO3. The standard InChI is InChI=1S/C17H14FNO3/c1-22-17(21)15(11-12-6-5-9-14(18)10-12)19-16(20)13-7-3-2-4-8-13/h2-11H,1H3,(H,19,20)/b15-11-. The first-order chi connectivity index (χ1) is 10.6. The van der Waals surface area contributed by atoms with Crippen molar-refractivity contribution in [3.63, 3.8) is 0 Å². The van der Waals surface area contributed by atoms with Crippen LogP contribution in [-0.2, 0) is 9.53 Å². The number of hydrogen-bond acceptors (Lipinski definition) is 3. The van der Waals surface area contributed by atoms with Gasteiger partial charge in [-0.05, 0) is 35.9 Å². The molecular weight excluding hydrogens is 285 g/mol. The summed E-state index contributed by atoms with van der Waals surface area (Å²) < 4.78 is 17.8. The van der Waals surface area contributed by atoms with Gasteiger partial charge in [-0.25, -0.2) is 9.18 Å². The third kappa shape index (κ3) is 4.02. The minimum absolute atomic E-state index is 0.0676. The van der Waals surface area contributed by atoms with Crippen molar-refractivity contribution in [1.82, 2.24) is 5.32 Å². The Labute approximate surface area is 127 Å². The lowest BCUT2D eigenvalue weighted by atomic mass is 10.1. The predicted molar refractivity (Wildman–Crippen MR) is 80.3 cm³/mol. The first-order valence-corrected chi connectivity index (χ1v) is 6.52. The lowest BCUT2D eigenvalue weighted by Gasteiger charge is -2.08. The summed E-state index contributed by atoms with van der Waals surface area (Å²) in [4.78, 5) is 23.9. The van der Waals surface area contributed by atoms with E-state index in [2.05, 4.69) is 10.1 Å². The van der Waals surface area contributed by atoms with Gasteiger partial charge < -0.3 is 10.1 Å². The highest BCUT2D eigenvalue weighted by atomic mass is 19.1. The summed E-state index contributed by atoms with van der Waals surface area (Å²) in [6.45, 7) is 0. The minimum atomic E-state index is -0.714. The molecule has 0 fully saturated rings. The van der Waals surface area contributed by atoms with E-state index in [-0.39, 0.29) is 5.70 Å². The van der Waals surface area contributed by atoms with Gasteiger partial charge in [-0.1, -0.05) is 30.3 Å². The highest BCUT2D eigenvalue weighted by molar-refractivity contribution is 6.03. The number of amides is 1. The lowest BCUT2D eigenvalue weighted by Crippen LogP contribution is -2.28. The molecule has 1 N–H and O–H groups in total. The van der Waals surface area contributed by atoms with Crippen LogP contribution in [0.25, 0.3) is 6.08 Å². The van der Waals surface area contributed by atoms with Crippen molar-refractivity contribution in [2.45, 2.75) is 0 Å². The molecule has 4 nitrogen and oxygen atoms in total. The Morgan fingerprint density at radius 2 is 1.82 bits per heavy atom. The zero-order valence-corrected chi connectivity index (χ0v) is 11.9. The molecule has 1 amide bonds. The van der Waals surface area contributed by atoms with E-state index in [4.69, 9.17) is 0 Å². The molecule has 0 aromatic heterocycles. The van der Waals surface area contributed by atoms with Crippen LogP contribution in [0.3, 0.4) is 0 Å². The Kier molecular flexibility index (Phi) is 5.03. The number of benzene rings is 2.